The predicted molar refractivity (Wildman–Crippen MR) is 63.2 cm³/mol. The SMILES string of the molecule is CC1OCCC1N(C)C(=O)NCC[C@H](O)C(=O)O. The number of aliphatic carboxylic acids is 1. The van der Waals surface area contributed by atoms with Crippen LogP contribution in [0.5, 0.6) is 0 Å². The molecule has 104 valence electrons. The van der Waals surface area contributed by atoms with Crippen LogP contribution in [0.4, 0.5) is 4.79 Å². The summed E-state index contributed by atoms with van der Waals surface area (Å²) >= 11 is 0. The lowest BCUT2D eigenvalue weighted by Gasteiger charge is -2.27. The van der Waals surface area contributed by atoms with Gasteiger partial charge in [-0.05, 0) is 13.3 Å². The Bertz CT molecular complexity index is 310. The third-order valence-electron chi connectivity index (χ3n) is 3.13. The summed E-state index contributed by atoms with van der Waals surface area (Å²) in [6.45, 7) is 2.68. The number of nitrogens with zero attached hydrogens (tertiary/aromatic N) is 1. The van der Waals surface area contributed by atoms with Crippen molar-refractivity contribution in [1.29, 1.82) is 0 Å². The number of urea groups is 1. The number of carboxylic acids is 1. The van der Waals surface area contributed by atoms with Crippen LogP contribution >= 0.6 is 0 Å². The minimum atomic E-state index is -1.44. The van der Waals surface area contributed by atoms with Gasteiger partial charge in [0.05, 0.1) is 12.1 Å². The van der Waals surface area contributed by atoms with Gasteiger partial charge in [0.2, 0.25) is 0 Å². The van der Waals surface area contributed by atoms with E-state index >= 15 is 0 Å². The van der Waals surface area contributed by atoms with Crippen LogP contribution in [0, 0.1) is 0 Å². The van der Waals surface area contributed by atoms with E-state index in [2.05, 4.69) is 5.32 Å². The highest BCUT2D eigenvalue weighted by atomic mass is 16.5. The van der Waals surface area contributed by atoms with E-state index in [1.165, 1.54) is 0 Å². The molecule has 0 aromatic rings. The molecule has 0 saturated carbocycles. The molecule has 0 aromatic heterocycles. The first-order valence-electron chi connectivity index (χ1n) is 5.96. The zero-order valence-electron chi connectivity index (χ0n) is 10.6. The number of nitrogens with one attached hydrogen (secondary N) is 1. The second kappa shape index (κ2) is 6.55. The summed E-state index contributed by atoms with van der Waals surface area (Å²) in [6.07, 6.45) is -0.649. The van der Waals surface area contributed by atoms with Crippen LogP contribution in [0.3, 0.4) is 0 Å². The van der Waals surface area contributed by atoms with E-state index < -0.39 is 12.1 Å². The van der Waals surface area contributed by atoms with Gasteiger partial charge in [-0.3, -0.25) is 0 Å². The number of carboxylic acid groups (broad SMARTS) is 1. The average Bonchev–Trinajstić information content (AvgIpc) is 2.73. The van der Waals surface area contributed by atoms with E-state index in [-0.39, 0.29) is 31.1 Å². The summed E-state index contributed by atoms with van der Waals surface area (Å²) in [6, 6.07) is -0.246. The molecule has 0 bridgehead atoms. The monoisotopic (exact) mass is 260 g/mol. The molecule has 2 amide bonds. The summed E-state index contributed by atoms with van der Waals surface area (Å²) in [4.78, 5) is 23.7. The largest absolute Gasteiger partial charge is 0.479 e. The molecule has 0 spiro atoms. The van der Waals surface area contributed by atoms with Gasteiger partial charge in [-0.2, -0.15) is 0 Å². The van der Waals surface area contributed by atoms with Crippen molar-refractivity contribution in [2.75, 3.05) is 20.2 Å². The van der Waals surface area contributed by atoms with Crippen LogP contribution in [0.2, 0.25) is 0 Å². The van der Waals surface area contributed by atoms with Crippen molar-refractivity contribution in [3.63, 3.8) is 0 Å². The normalized spacial score (nSPS) is 24.6. The highest BCUT2D eigenvalue weighted by Gasteiger charge is 2.30. The lowest BCUT2D eigenvalue weighted by molar-refractivity contribution is -0.146. The first-order valence-corrected chi connectivity index (χ1v) is 5.96. The average molecular weight is 260 g/mol. The number of likely N-dealkylation sites (N-methyl/N-ethyl adjacent to an activating group) is 1. The Kier molecular flexibility index (Phi) is 5.36. The fourth-order valence-corrected chi connectivity index (χ4v) is 1.94. The van der Waals surface area contributed by atoms with Gasteiger partial charge in [-0.25, -0.2) is 9.59 Å². The van der Waals surface area contributed by atoms with Gasteiger partial charge in [0.1, 0.15) is 0 Å². The summed E-state index contributed by atoms with van der Waals surface area (Å²) in [7, 11) is 1.68. The maximum atomic E-state index is 11.8. The van der Waals surface area contributed by atoms with Gasteiger partial charge in [-0.1, -0.05) is 0 Å². The number of aliphatic hydroxyl groups is 1. The fourth-order valence-electron chi connectivity index (χ4n) is 1.94. The highest BCUT2D eigenvalue weighted by Crippen LogP contribution is 2.17. The van der Waals surface area contributed by atoms with Crippen LogP contribution in [-0.2, 0) is 9.53 Å². The predicted octanol–water partition coefficient (Wildman–Crippen LogP) is -0.359. The molecule has 1 rings (SSSR count). The minimum absolute atomic E-state index is 0.00496. The summed E-state index contributed by atoms with van der Waals surface area (Å²) < 4.78 is 5.37. The number of carbonyl (C=O) groups is 2. The molecule has 3 atom stereocenters. The maximum Gasteiger partial charge on any atom is 0.332 e. The number of amides is 2. The van der Waals surface area contributed by atoms with Crippen molar-refractivity contribution in [2.45, 2.75) is 38.0 Å². The molecule has 1 fully saturated rings. The zero-order chi connectivity index (χ0) is 13.7. The minimum Gasteiger partial charge on any atom is -0.479 e. The van der Waals surface area contributed by atoms with Crippen LogP contribution in [-0.4, -0.2) is 65.6 Å². The van der Waals surface area contributed by atoms with Crippen LogP contribution in [0.15, 0.2) is 0 Å². The Morgan fingerprint density at radius 2 is 2.22 bits per heavy atom. The highest BCUT2D eigenvalue weighted by molar-refractivity contribution is 5.75. The van der Waals surface area contributed by atoms with Crippen LogP contribution in [0.1, 0.15) is 19.8 Å². The van der Waals surface area contributed by atoms with Gasteiger partial charge in [0.15, 0.2) is 6.10 Å². The Balaban J connectivity index is 2.30. The molecule has 1 heterocycles. The molecule has 0 aromatic carbocycles. The van der Waals surface area contributed by atoms with Crippen molar-refractivity contribution < 1.29 is 24.5 Å². The van der Waals surface area contributed by atoms with Gasteiger partial charge in [-0.15, -0.1) is 0 Å². The molecule has 2 unspecified atom stereocenters. The molecule has 7 nitrogen and oxygen atoms in total. The molecule has 1 aliphatic rings. The number of hydrogen-bond acceptors (Lipinski definition) is 4. The Morgan fingerprint density at radius 1 is 1.56 bits per heavy atom. The quantitative estimate of drug-likeness (QED) is 0.627. The molecular formula is C11H20N2O5. The third-order valence-corrected chi connectivity index (χ3v) is 3.13. The van der Waals surface area contributed by atoms with E-state index in [0.29, 0.717) is 6.61 Å². The second-order valence-corrected chi connectivity index (χ2v) is 4.42. The first-order chi connectivity index (χ1) is 8.43. The maximum absolute atomic E-state index is 11.8. The van der Waals surface area contributed by atoms with Crippen molar-refractivity contribution in [2.24, 2.45) is 0 Å². The van der Waals surface area contributed by atoms with Crippen LogP contribution in [0.25, 0.3) is 0 Å². The molecular weight excluding hydrogens is 240 g/mol. The number of carbonyl (C=O) groups excluding carboxylic acids is 1. The molecule has 7 heteroatoms. The van der Waals surface area contributed by atoms with Crippen molar-refractivity contribution in [1.82, 2.24) is 10.2 Å². The topological polar surface area (TPSA) is 99.1 Å². The van der Waals surface area contributed by atoms with Crippen molar-refractivity contribution >= 4 is 12.0 Å². The molecule has 1 aliphatic heterocycles. The third kappa shape index (κ3) is 3.85. The Hall–Kier alpha value is -1.34. The zero-order valence-corrected chi connectivity index (χ0v) is 10.6. The second-order valence-electron chi connectivity index (χ2n) is 4.42. The molecule has 0 radical (unpaired) electrons. The Morgan fingerprint density at radius 3 is 2.72 bits per heavy atom. The van der Waals surface area contributed by atoms with Crippen molar-refractivity contribution in [3.05, 3.63) is 0 Å². The standard InChI is InChI=1S/C11H20N2O5/c1-7-8(4-6-18-7)13(2)11(17)12-5-3-9(14)10(15)16/h7-9,14H,3-6H2,1-2H3,(H,12,17)(H,15,16)/t7?,8?,9-/m0/s1. The van der Waals surface area contributed by atoms with Gasteiger partial charge < -0.3 is 25.2 Å². The summed E-state index contributed by atoms with van der Waals surface area (Å²) in [5.74, 6) is -1.28. The van der Waals surface area contributed by atoms with Gasteiger partial charge in [0, 0.05) is 26.6 Å². The lowest BCUT2D eigenvalue weighted by Crippen LogP contribution is -2.47. The van der Waals surface area contributed by atoms with Gasteiger partial charge in [0.25, 0.3) is 0 Å². The van der Waals surface area contributed by atoms with E-state index in [1.54, 1.807) is 11.9 Å². The molecule has 0 aliphatic carbocycles. The number of hydrogen-bond donors (Lipinski definition) is 3. The van der Waals surface area contributed by atoms with Crippen molar-refractivity contribution in [3.8, 4) is 0 Å². The molecule has 18 heavy (non-hydrogen) atoms. The number of aliphatic hydroxyl groups excluding tert-OH is 1. The molecule has 1 saturated heterocycles. The lowest BCUT2D eigenvalue weighted by atomic mass is 10.1. The van der Waals surface area contributed by atoms with E-state index in [9.17, 15) is 9.59 Å². The van der Waals surface area contributed by atoms with E-state index in [0.717, 1.165) is 6.42 Å². The van der Waals surface area contributed by atoms with Gasteiger partial charge >= 0.3 is 12.0 Å². The van der Waals surface area contributed by atoms with E-state index in [1.807, 2.05) is 6.92 Å². The molecule has 3 N–H and O–H groups in total. The first kappa shape index (κ1) is 14.7. The van der Waals surface area contributed by atoms with Crippen LogP contribution < -0.4 is 5.32 Å². The Labute approximate surface area is 106 Å². The number of ether oxygens (including phenoxy) is 1. The smallest absolute Gasteiger partial charge is 0.332 e. The number of rotatable bonds is 5. The fraction of sp³-hybridized carbons (Fsp3) is 0.818. The summed E-state index contributed by atoms with van der Waals surface area (Å²) in [5.41, 5.74) is 0. The summed E-state index contributed by atoms with van der Waals surface area (Å²) in [5, 5.41) is 20.1. The van der Waals surface area contributed by atoms with E-state index in [4.69, 9.17) is 14.9 Å².